The molecule has 0 aliphatic heterocycles. The van der Waals surface area contributed by atoms with Crippen LogP contribution in [-0.2, 0) is 21.1 Å². The third-order valence-electron chi connectivity index (χ3n) is 7.67. The smallest absolute Gasteiger partial charge is 0.294 e. The number of sulfone groups is 1. The first-order chi connectivity index (χ1) is 20.7. The highest BCUT2D eigenvalue weighted by Gasteiger charge is 2.25. The van der Waals surface area contributed by atoms with Crippen LogP contribution in [0.15, 0.2) is 99.3 Å². The summed E-state index contributed by atoms with van der Waals surface area (Å²) in [6.07, 6.45) is 9.08. The van der Waals surface area contributed by atoms with Gasteiger partial charge in [-0.15, -0.1) is 0 Å². The van der Waals surface area contributed by atoms with Crippen molar-refractivity contribution in [3.63, 3.8) is 0 Å². The SMILES string of the molecule is CC(C)CN(CCCC(CCS(=O)(=O)c1ccc2occc2c1)Cc1ccncc1)C(=O)C(=O)c1ccc2occc2c1. The molecular weight excluding hydrogens is 564 g/mol. The number of nitrogens with zero attached hydrogens (tertiary/aromatic N) is 2. The lowest BCUT2D eigenvalue weighted by atomic mass is 9.92. The van der Waals surface area contributed by atoms with Crippen molar-refractivity contribution < 1.29 is 26.8 Å². The van der Waals surface area contributed by atoms with Crippen LogP contribution in [-0.4, -0.2) is 48.8 Å². The van der Waals surface area contributed by atoms with Gasteiger partial charge in [-0.05, 0) is 104 Å². The van der Waals surface area contributed by atoms with Crippen LogP contribution in [0.25, 0.3) is 21.9 Å². The molecule has 5 rings (SSSR count). The largest absolute Gasteiger partial charge is 0.464 e. The van der Waals surface area contributed by atoms with Crippen LogP contribution in [0.1, 0.15) is 49.0 Å². The van der Waals surface area contributed by atoms with Crippen LogP contribution in [0.2, 0.25) is 0 Å². The van der Waals surface area contributed by atoms with Crippen molar-refractivity contribution in [2.75, 3.05) is 18.8 Å². The molecule has 0 N–H and O–H groups in total. The zero-order chi connectivity index (χ0) is 30.4. The number of rotatable bonds is 14. The number of hydrogen-bond acceptors (Lipinski definition) is 7. The molecule has 1 unspecified atom stereocenters. The number of benzene rings is 2. The molecule has 0 radical (unpaired) electrons. The standard InChI is InChI=1S/C34H36N2O6S/c1-24(2)23-36(34(38)33(37)29-5-7-31-27(21-29)11-17-41-31)16-3-4-25(20-26-9-14-35-15-10-26)13-19-43(39,40)30-6-8-32-28(22-30)12-18-42-32/h5-12,14-15,17-18,21-22,24-25H,3-4,13,16,19-20,23H2,1-2H3. The Balaban J connectivity index is 1.26. The van der Waals surface area contributed by atoms with Gasteiger partial charge in [0.2, 0.25) is 5.78 Å². The van der Waals surface area contributed by atoms with Crippen molar-refractivity contribution in [2.45, 2.75) is 44.4 Å². The second-order valence-electron chi connectivity index (χ2n) is 11.4. The molecule has 3 aromatic heterocycles. The highest BCUT2D eigenvalue weighted by atomic mass is 32.2. The minimum absolute atomic E-state index is 0.00965. The monoisotopic (exact) mass is 600 g/mol. The Morgan fingerprint density at radius 3 is 2.23 bits per heavy atom. The van der Waals surface area contributed by atoms with Gasteiger partial charge in [0.1, 0.15) is 11.2 Å². The summed E-state index contributed by atoms with van der Waals surface area (Å²) in [5, 5.41) is 1.52. The van der Waals surface area contributed by atoms with E-state index in [9.17, 15) is 18.0 Å². The minimum atomic E-state index is -3.51. The van der Waals surface area contributed by atoms with Crippen LogP contribution in [0.3, 0.4) is 0 Å². The summed E-state index contributed by atoms with van der Waals surface area (Å²) in [5.41, 5.74) is 2.72. The van der Waals surface area contributed by atoms with E-state index in [1.54, 1.807) is 78.4 Å². The maximum absolute atomic E-state index is 13.4. The molecule has 43 heavy (non-hydrogen) atoms. The fraction of sp³-hybridized carbons (Fsp3) is 0.324. The van der Waals surface area contributed by atoms with E-state index < -0.39 is 21.5 Å². The number of pyridine rings is 1. The normalized spacial score (nSPS) is 12.6. The molecule has 2 aromatic carbocycles. The van der Waals surface area contributed by atoms with E-state index in [4.69, 9.17) is 8.83 Å². The van der Waals surface area contributed by atoms with Crippen LogP contribution in [0, 0.1) is 11.8 Å². The molecule has 0 saturated heterocycles. The van der Waals surface area contributed by atoms with E-state index in [0.29, 0.717) is 55.5 Å². The molecule has 9 heteroatoms. The summed E-state index contributed by atoms with van der Waals surface area (Å²) < 4.78 is 37.3. The number of carbonyl (C=O) groups is 2. The third kappa shape index (κ3) is 7.59. The first-order valence-corrected chi connectivity index (χ1v) is 16.2. The average Bonchev–Trinajstić information content (AvgIpc) is 3.67. The molecule has 0 spiro atoms. The van der Waals surface area contributed by atoms with Gasteiger partial charge in [-0.25, -0.2) is 8.42 Å². The van der Waals surface area contributed by atoms with E-state index in [-0.39, 0.29) is 22.5 Å². The maximum atomic E-state index is 13.4. The zero-order valence-electron chi connectivity index (χ0n) is 24.4. The fourth-order valence-corrected chi connectivity index (χ4v) is 6.90. The van der Waals surface area contributed by atoms with Crippen LogP contribution < -0.4 is 0 Å². The van der Waals surface area contributed by atoms with Crippen molar-refractivity contribution >= 4 is 43.5 Å². The molecule has 0 saturated carbocycles. The Morgan fingerprint density at radius 2 is 1.53 bits per heavy atom. The number of furan rings is 2. The van der Waals surface area contributed by atoms with E-state index in [1.807, 2.05) is 26.0 Å². The number of hydrogen-bond donors (Lipinski definition) is 0. The molecule has 3 heterocycles. The van der Waals surface area contributed by atoms with E-state index in [0.717, 1.165) is 16.3 Å². The second-order valence-corrected chi connectivity index (χ2v) is 13.6. The predicted molar refractivity (Wildman–Crippen MR) is 166 cm³/mol. The first-order valence-electron chi connectivity index (χ1n) is 14.6. The molecular formula is C34H36N2O6S. The summed E-state index contributed by atoms with van der Waals surface area (Å²) in [5.74, 6) is -0.823. The lowest BCUT2D eigenvalue weighted by Crippen LogP contribution is -2.39. The first kappa shape index (κ1) is 30.2. The van der Waals surface area contributed by atoms with Gasteiger partial charge in [0.05, 0.1) is 23.2 Å². The number of aromatic nitrogens is 1. The van der Waals surface area contributed by atoms with Gasteiger partial charge in [0.15, 0.2) is 9.84 Å². The molecule has 5 aromatic rings. The summed E-state index contributed by atoms with van der Waals surface area (Å²) in [7, 11) is -3.51. The molecule has 0 bridgehead atoms. The molecule has 1 amide bonds. The quantitative estimate of drug-likeness (QED) is 0.102. The minimum Gasteiger partial charge on any atom is -0.464 e. The molecule has 1 atom stereocenters. The van der Waals surface area contributed by atoms with Gasteiger partial charge >= 0.3 is 0 Å². The molecule has 224 valence electrons. The highest BCUT2D eigenvalue weighted by Crippen LogP contribution is 2.25. The Bertz CT molecular complexity index is 1810. The molecule has 8 nitrogen and oxygen atoms in total. The van der Waals surface area contributed by atoms with Crippen molar-refractivity contribution in [3.05, 3.63) is 96.7 Å². The van der Waals surface area contributed by atoms with E-state index >= 15 is 0 Å². The van der Waals surface area contributed by atoms with Gasteiger partial charge < -0.3 is 13.7 Å². The summed E-state index contributed by atoms with van der Waals surface area (Å²) in [4.78, 5) is 32.6. The number of amides is 1. The molecule has 0 aliphatic carbocycles. The number of fused-ring (bicyclic) bond motifs is 2. The van der Waals surface area contributed by atoms with Crippen LogP contribution >= 0.6 is 0 Å². The maximum Gasteiger partial charge on any atom is 0.294 e. The number of carbonyl (C=O) groups excluding carboxylic acids is 2. The fourth-order valence-electron chi connectivity index (χ4n) is 5.44. The Morgan fingerprint density at radius 1 is 0.860 bits per heavy atom. The van der Waals surface area contributed by atoms with Gasteiger partial charge in [-0.3, -0.25) is 14.6 Å². The number of ketones is 1. The second kappa shape index (κ2) is 13.4. The van der Waals surface area contributed by atoms with E-state index in [2.05, 4.69) is 4.98 Å². The van der Waals surface area contributed by atoms with Crippen LogP contribution in [0.5, 0.6) is 0 Å². The molecule has 0 aliphatic rings. The summed E-state index contributed by atoms with van der Waals surface area (Å²) in [6, 6.07) is 17.3. The van der Waals surface area contributed by atoms with Gasteiger partial charge in [0, 0.05) is 41.8 Å². The molecule has 0 fully saturated rings. The predicted octanol–water partition coefficient (Wildman–Crippen LogP) is 6.74. The van der Waals surface area contributed by atoms with Crippen LogP contribution in [0.4, 0.5) is 0 Å². The number of Topliss-reactive ketones (excluding diaryl/α,β-unsaturated/α-hetero) is 1. The van der Waals surface area contributed by atoms with Gasteiger partial charge in [-0.1, -0.05) is 13.8 Å². The van der Waals surface area contributed by atoms with E-state index in [1.165, 1.54) is 0 Å². The Hall–Kier alpha value is -4.24. The average molecular weight is 601 g/mol. The zero-order valence-corrected chi connectivity index (χ0v) is 25.3. The van der Waals surface area contributed by atoms with Crippen molar-refractivity contribution in [1.29, 1.82) is 0 Å². The highest BCUT2D eigenvalue weighted by molar-refractivity contribution is 7.91. The van der Waals surface area contributed by atoms with Crippen molar-refractivity contribution in [2.24, 2.45) is 11.8 Å². The lowest BCUT2D eigenvalue weighted by molar-refractivity contribution is -0.127. The summed E-state index contributed by atoms with van der Waals surface area (Å²) in [6.45, 7) is 4.90. The van der Waals surface area contributed by atoms with Crippen molar-refractivity contribution in [3.8, 4) is 0 Å². The Kier molecular flexibility index (Phi) is 9.40. The lowest BCUT2D eigenvalue weighted by Gasteiger charge is -2.25. The van der Waals surface area contributed by atoms with Gasteiger partial charge in [0.25, 0.3) is 5.91 Å². The van der Waals surface area contributed by atoms with Crippen molar-refractivity contribution in [1.82, 2.24) is 9.88 Å². The van der Waals surface area contributed by atoms with Gasteiger partial charge in [-0.2, -0.15) is 0 Å². The summed E-state index contributed by atoms with van der Waals surface area (Å²) >= 11 is 0. The third-order valence-corrected chi connectivity index (χ3v) is 9.42. The topological polar surface area (TPSA) is 111 Å². The Labute approximate surface area is 251 Å².